The summed E-state index contributed by atoms with van der Waals surface area (Å²) in [7, 11) is -3.74. The van der Waals surface area contributed by atoms with E-state index >= 15 is 0 Å². The number of benzene rings is 2. The Morgan fingerprint density at radius 3 is 2.44 bits per heavy atom. The monoisotopic (exact) mass is 393 g/mol. The standard InChI is InChI=1S/C17H19N3O6S/c18-27(24,25)14-9-7-13(8-10-14)12-19-17(21)6-3-11-26-16-5-2-1-4-15(16)20(22)23/h1-2,4-5,7-10H,3,6,11-12H2,(H,19,21)(H2,18,24,25). The number of hydrogen-bond acceptors (Lipinski definition) is 6. The van der Waals surface area contributed by atoms with Gasteiger partial charge in [0.05, 0.1) is 16.4 Å². The Labute approximate surface area is 156 Å². The summed E-state index contributed by atoms with van der Waals surface area (Å²) < 4.78 is 27.7. The van der Waals surface area contributed by atoms with Crippen molar-refractivity contribution in [3.05, 3.63) is 64.2 Å². The zero-order chi connectivity index (χ0) is 19.9. The number of nitro groups is 1. The number of sulfonamides is 1. The van der Waals surface area contributed by atoms with E-state index in [9.17, 15) is 23.3 Å². The first-order chi connectivity index (χ1) is 12.8. The first kappa shape index (κ1) is 20.3. The Balaban J connectivity index is 1.73. The molecule has 0 aliphatic heterocycles. The summed E-state index contributed by atoms with van der Waals surface area (Å²) in [5.74, 6) is -0.0467. The molecule has 0 aliphatic rings. The summed E-state index contributed by atoms with van der Waals surface area (Å²) in [4.78, 5) is 22.2. The zero-order valence-corrected chi connectivity index (χ0v) is 15.1. The van der Waals surface area contributed by atoms with Gasteiger partial charge in [0, 0.05) is 19.0 Å². The number of amides is 1. The fourth-order valence-corrected chi connectivity index (χ4v) is 2.75. The van der Waals surface area contributed by atoms with E-state index < -0.39 is 14.9 Å². The van der Waals surface area contributed by atoms with Crippen LogP contribution in [0, 0.1) is 10.1 Å². The van der Waals surface area contributed by atoms with Crippen molar-refractivity contribution in [1.82, 2.24) is 5.32 Å². The average molecular weight is 393 g/mol. The van der Waals surface area contributed by atoms with Gasteiger partial charge in [0.15, 0.2) is 5.75 Å². The van der Waals surface area contributed by atoms with Gasteiger partial charge in [0.2, 0.25) is 15.9 Å². The maximum absolute atomic E-state index is 11.8. The van der Waals surface area contributed by atoms with Crippen LogP contribution in [0.2, 0.25) is 0 Å². The van der Waals surface area contributed by atoms with Gasteiger partial charge >= 0.3 is 5.69 Å². The molecule has 10 heteroatoms. The maximum atomic E-state index is 11.8. The van der Waals surface area contributed by atoms with E-state index in [2.05, 4.69) is 5.32 Å². The van der Waals surface area contributed by atoms with Crippen LogP contribution < -0.4 is 15.2 Å². The molecule has 9 nitrogen and oxygen atoms in total. The number of nitrogens with one attached hydrogen (secondary N) is 1. The molecule has 0 spiro atoms. The van der Waals surface area contributed by atoms with E-state index in [1.54, 1.807) is 24.3 Å². The fraction of sp³-hybridized carbons (Fsp3) is 0.235. The minimum absolute atomic E-state index is 0.00438. The van der Waals surface area contributed by atoms with E-state index in [1.807, 2.05) is 0 Å². The van der Waals surface area contributed by atoms with E-state index in [0.29, 0.717) is 6.42 Å². The van der Waals surface area contributed by atoms with E-state index in [1.165, 1.54) is 24.3 Å². The number of nitrogens with zero attached hydrogens (tertiary/aromatic N) is 1. The minimum Gasteiger partial charge on any atom is -0.487 e. The quantitative estimate of drug-likeness (QED) is 0.377. The molecule has 0 bridgehead atoms. The minimum atomic E-state index is -3.74. The predicted molar refractivity (Wildman–Crippen MR) is 97.5 cm³/mol. The summed E-state index contributed by atoms with van der Waals surface area (Å²) in [6.45, 7) is 0.413. The molecule has 1 amide bonds. The van der Waals surface area contributed by atoms with Crippen molar-refractivity contribution in [1.29, 1.82) is 0 Å². The normalized spacial score (nSPS) is 11.0. The van der Waals surface area contributed by atoms with Gasteiger partial charge < -0.3 is 10.1 Å². The third-order valence-electron chi connectivity index (χ3n) is 3.61. The molecule has 2 aromatic rings. The summed E-state index contributed by atoms with van der Waals surface area (Å²) in [6.07, 6.45) is 0.581. The molecule has 0 aromatic heterocycles. The van der Waals surface area contributed by atoms with Crippen LogP contribution in [-0.4, -0.2) is 25.9 Å². The molecule has 0 saturated heterocycles. The van der Waals surface area contributed by atoms with Crippen molar-refractivity contribution in [3.63, 3.8) is 0 Å². The van der Waals surface area contributed by atoms with Crippen molar-refractivity contribution in [3.8, 4) is 5.75 Å². The van der Waals surface area contributed by atoms with Crippen LogP contribution in [0.1, 0.15) is 18.4 Å². The second-order valence-corrected chi connectivity index (χ2v) is 7.20. The lowest BCUT2D eigenvalue weighted by molar-refractivity contribution is -0.385. The smallest absolute Gasteiger partial charge is 0.310 e. The van der Waals surface area contributed by atoms with Crippen LogP contribution in [0.15, 0.2) is 53.4 Å². The molecule has 0 unspecified atom stereocenters. The first-order valence-electron chi connectivity index (χ1n) is 8.02. The number of nitrogens with two attached hydrogens (primary N) is 1. The van der Waals surface area contributed by atoms with E-state index in [0.717, 1.165) is 5.56 Å². The summed E-state index contributed by atoms with van der Waals surface area (Å²) in [5.41, 5.74) is 0.608. The van der Waals surface area contributed by atoms with Crippen LogP contribution in [0.3, 0.4) is 0 Å². The lowest BCUT2D eigenvalue weighted by Crippen LogP contribution is -2.23. The van der Waals surface area contributed by atoms with Crippen LogP contribution in [-0.2, 0) is 21.4 Å². The number of carbonyl (C=O) groups excluding carboxylic acids is 1. The first-order valence-corrected chi connectivity index (χ1v) is 9.56. The van der Waals surface area contributed by atoms with Gasteiger partial charge in [0.1, 0.15) is 0 Å². The Kier molecular flexibility index (Phi) is 6.85. The Morgan fingerprint density at radius 1 is 1.15 bits per heavy atom. The number of para-hydroxylation sites is 2. The Bertz CT molecular complexity index is 913. The van der Waals surface area contributed by atoms with E-state index in [-0.39, 0.29) is 41.8 Å². The van der Waals surface area contributed by atoms with Crippen molar-refractivity contribution >= 4 is 21.6 Å². The molecule has 2 rings (SSSR count). The van der Waals surface area contributed by atoms with Crippen LogP contribution >= 0.6 is 0 Å². The maximum Gasteiger partial charge on any atom is 0.310 e. The topological polar surface area (TPSA) is 142 Å². The number of rotatable bonds is 9. The Hall–Kier alpha value is -2.98. The molecular formula is C17H19N3O6S. The molecule has 0 heterocycles. The molecule has 0 saturated carbocycles. The van der Waals surface area contributed by atoms with Gasteiger partial charge in [-0.15, -0.1) is 0 Å². The molecular weight excluding hydrogens is 374 g/mol. The number of hydrogen-bond donors (Lipinski definition) is 2. The molecule has 144 valence electrons. The summed E-state index contributed by atoms with van der Waals surface area (Å²) in [6, 6.07) is 11.9. The number of nitro benzene ring substituents is 1. The third kappa shape index (κ3) is 6.35. The fourth-order valence-electron chi connectivity index (χ4n) is 2.23. The zero-order valence-electron chi connectivity index (χ0n) is 14.3. The molecule has 3 N–H and O–H groups in total. The highest BCUT2D eigenvalue weighted by Gasteiger charge is 2.13. The van der Waals surface area contributed by atoms with Crippen molar-refractivity contribution < 1.29 is 22.9 Å². The van der Waals surface area contributed by atoms with Crippen LogP contribution in [0.25, 0.3) is 0 Å². The van der Waals surface area contributed by atoms with E-state index in [4.69, 9.17) is 9.88 Å². The van der Waals surface area contributed by atoms with Crippen LogP contribution in [0.5, 0.6) is 5.75 Å². The highest BCUT2D eigenvalue weighted by atomic mass is 32.2. The second kappa shape index (κ2) is 9.10. The van der Waals surface area contributed by atoms with Crippen molar-refractivity contribution in [2.24, 2.45) is 5.14 Å². The predicted octanol–water partition coefficient (Wildman–Crippen LogP) is 1.72. The molecule has 2 aromatic carbocycles. The highest BCUT2D eigenvalue weighted by Crippen LogP contribution is 2.25. The molecule has 27 heavy (non-hydrogen) atoms. The molecule has 0 aliphatic carbocycles. The van der Waals surface area contributed by atoms with Crippen LogP contribution in [0.4, 0.5) is 5.69 Å². The van der Waals surface area contributed by atoms with Gasteiger partial charge in [0.25, 0.3) is 0 Å². The molecule has 0 radical (unpaired) electrons. The number of carbonyl (C=O) groups is 1. The number of primary sulfonamides is 1. The lowest BCUT2D eigenvalue weighted by Gasteiger charge is -2.08. The van der Waals surface area contributed by atoms with Gasteiger partial charge in [-0.3, -0.25) is 14.9 Å². The average Bonchev–Trinajstić information content (AvgIpc) is 2.63. The van der Waals surface area contributed by atoms with Gasteiger partial charge in [-0.05, 0) is 30.2 Å². The lowest BCUT2D eigenvalue weighted by atomic mass is 10.2. The molecule has 0 fully saturated rings. The second-order valence-electron chi connectivity index (χ2n) is 5.64. The third-order valence-corrected chi connectivity index (χ3v) is 4.54. The van der Waals surface area contributed by atoms with Gasteiger partial charge in [-0.1, -0.05) is 24.3 Å². The highest BCUT2D eigenvalue weighted by molar-refractivity contribution is 7.89. The molecule has 0 atom stereocenters. The Morgan fingerprint density at radius 2 is 1.81 bits per heavy atom. The largest absolute Gasteiger partial charge is 0.487 e. The SMILES string of the molecule is NS(=O)(=O)c1ccc(CNC(=O)CCCOc2ccccc2[N+](=O)[O-])cc1. The van der Waals surface area contributed by atoms with Gasteiger partial charge in [-0.2, -0.15) is 0 Å². The summed E-state index contributed by atoms with van der Waals surface area (Å²) in [5, 5.41) is 18.6. The van der Waals surface area contributed by atoms with Gasteiger partial charge in [-0.25, -0.2) is 13.6 Å². The van der Waals surface area contributed by atoms with Crippen molar-refractivity contribution in [2.75, 3.05) is 6.61 Å². The number of ether oxygens (including phenoxy) is 1. The summed E-state index contributed by atoms with van der Waals surface area (Å²) >= 11 is 0. The van der Waals surface area contributed by atoms with Crippen molar-refractivity contribution in [2.45, 2.75) is 24.3 Å².